The highest BCUT2D eigenvalue weighted by Gasteiger charge is 2.20. The number of nitrogens with one attached hydrogen (secondary N) is 1. The van der Waals surface area contributed by atoms with Gasteiger partial charge in [-0.3, -0.25) is 9.69 Å². The number of benzene rings is 1. The first-order valence-electron chi connectivity index (χ1n) is 8.80. The third-order valence-electron chi connectivity index (χ3n) is 4.39. The monoisotopic (exact) mass is 373 g/mol. The van der Waals surface area contributed by atoms with Crippen molar-refractivity contribution in [1.82, 2.24) is 20.2 Å². The molecule has 2 aromatic rings. The van der Waals surface area contributed by atoms with Gasteiger partial charge in [-0.2, -0.15) is 0 Å². The molecular weight excluding hydrogens is 350 g/mol. The van der Waals surface area contributed by atoms with Crippen molar-refractivity contribution in [2.24, 2.45) is 0 Å². The summed E-state index contributed by atoms with van der Waals surface area (Å²) in [5, 5.41) is 3.64. The summed E-state index contributed by atoms with van der Waals surface area (Å²) in [5.74, 6) is 1.80. The summed E-state index contributed by atoms with van der Waals surface area (Å²) < 4.78 is 0. The van der Waals surface area contributed by atoms with Gasteiger partial charge in [-0.15, -0.1) is 0 Å². The van der Waals surface area contributed by atoms with E-state index in [2.05, 4.69) is 25.1 Å². The molecule has 3 rings (SSSR count). The van der Waals surface area contributed by atoms with E-state index in [0.29, 0.717) is 18.1 Å². The van der Waals surface area contributed by atoms with E-state index in [4.69, 9.17) is 11.6 Å². The van der Waals surface area contributed by atoms with Gasteiger partial charge < -0.3 is 10.2 Å². The molecule has 1 aliphatic rings. The van der Waals surface area contributed by atoms with Crippen molar-refractivity contribution >= 4 is 23.3 Å². The average Bonchev–Trinajstić information content (AvgIpc) is 2.60. The molecular formula is C19H24ClN5O. The van der Waals surface area contributed by atoms with Gasteiger partial charge in [0.25, 0.3) is 0 Å². The topological polar surface area (TPSA) is 61.4 Å². The van der Waals surface area contributed by atoms with E-state index < -0.39 is 0 Å². The van der Waals surface area contributed by atoms with Crippen LogP contribution >= 0.6 is 11.6 Å². The number of amides is 1. The quantitative estimate of drug-likeness (QED) is 0.870. The lowest BCUT2D eigenvalue weighted by molar-refractivity contribution is -0.122. The van der Waals surface area contributed by atoms with E-state index in [-0.39, 0.29) is 5.91 Å². The number of carbonyl (C=O) groups is 1. The minimum atomic E-state index is 0.0344. The molecule has 0 saturated carbocycles. The van der Waals surface area contributed by atoms with Crippen molar-refractivity contribution in [2.75, 3.05) is 37.6 Å². The molecule has 1 saturated heterocycles. The van der Waals surface area contributed by atoms with Gasteiger partial charge in [0.05, 0.1) is 6.54 Å². The summed E-state index contributed by atoms with van der Waals surface area (Å²) in [7, 11) is 0. The molecule has 0 unspecified atom stereocenters. The van der Waals surface area contributed by atoms with E-state index in [0.717, 1.165) is 49.1 Å². The summed E-state index contributed by atoms with van der Waals surface area (Å²) in [6, 6.07) is 9.55. The van der Waals surface area contributed by atoms with E-state index in [1.807, 2.05) is 44.2 Å². The summed E-state index contributed by atoms with van der Waals surface area (Å²) in [4.78, 5) is 25.5. The molecule has 1 aromatic carbocycles. The SMILES string of the molecule is Cc1cc(N2CCN(CC(=O)NCc3cccc(Cl)c3)CC2)nc(C)n1. The normalized spacial score (nSPS) is 15.1. The second-order valence-electron chi connectivity index (χ2n) is 6.58. The van der Waals surface area contributed by atoms with Crippen LogP contribution in [0.15, 0.2) is 30.3 Å². The van der Waals surface area contributed by atoms with Crippen LogP contribution in [-0.4, -0.2) is 53.5 Å². The highest BCUT2D eigenvalue weighted by atomic mass is 35.5. The van der Waals surface area contributed by atoms with Crippen molar-refractivity contribution in [3.63, 3.8) is 0 Å². The Labute approximate surface area is 159 Å². The number of halogens is 1. The molecule has 138 valence electrons. The zero-order valence-electron chi connectivity index (χ0n) is 15.2. The summed E-state index contributed by atoms with van der Waals surface area (Å²) in [5.41, 5.74) is 1.99. The van der Waals surface area contributed by atoms with Crippen LogP contribution in [0.4, 0.5) is 5.82 Å². The van der Waals surface area contributed by atoms with Crippen molar-refractivity contribution in [3.8, 4) is 0 Å². The Balaban J connectivity index is 1.45. The second-order valence-corrected chi connectivity index (χ2v) is 7.02. The molecule has 1 aliphatic heterocycles. The van der Waals surface area contributed by atoms with Crippen LogP contribution in [0.25, 0.3) is 0 Å². The number of anilines is 1. The van der Waals surface area contributed by atoms with Crippen LogP contribution in [0, 0.1) is 13.8 Å². The first-order chi connectivity index (χ1) is 12.5. The number of aryl methyl sites for hydroxylation is 2. The third-order valence-corrected chi connectivity index (χ3v) is 4.63. The fourth-order valence-electron chi connectivity index (χ4n) is 3.10. The third kappa shape index (κ3) is 5.16. The Morgan fingerprint density at radius 2 is 1.92 bits per heavy atom. The molecule has 0 atom stereocenters. The molecule has 0 aliphatic carbocycles. The molecule has 0 bridgehead atoms. The van der Waals surface area contributed by atoms with Gasteiger partial charge >= 0.3 is 0 Å². The molecule has 1 N–H and O–H groups in total. The van der Waals surface area contributed by atoms with Crippen LogP contribution in [0.3, 0.4) is 0 Å². The van der Waals surface area contributed by atoms with E-state index in [9.17, 15) is 4.79 Å². The highest BCUT2D eigenvalue weighted by Crippen LogP contribution is 2.15. The second kappa shape index (κ2) is 8.47. The van der Waals surface area contributed by atoms with Crippen molar-refractivity contribution in [1.29, 1.82) is 0 Å². The molecule has 26 heavy (non-hydrogen) atoms. The summed E-state index contributed by atoms with van der Waals surface area (Å²) >= 11 is 5.96. The number of rotatable bonds is 5. The Kier molecular flexibility index (Phi) is 6.06. The Bertz CT molecular complexity index is 754. The van der Waals surface area contributed by atoms with Gasteiger partial charge in [0, 0.05) is 49.5 Å². The van der Waals surface area contributed by atoms with Crippen LogP contribution in [0.5, 0.6) is 0 Å². The molecule has 0 spiro atoms. The van der Waals surface area contributed by atoms with E-state index in [1.54, 1.807) is 0 Å². The maximum Gasteiger partial charge on any atom is 0.234 e. The van der Waals surface area contributed by atoms with Crippen molar-refractivity contribution in [3.05, 3.63) is 52.4 Å². The predicted octanol–water partition coefficient (Wildman–Crippen LogP) is 2.19. The maximum atomic E-state index is 12.2. The Hall–Kier alpha value is -2.18. The minimum absolute atomic E-state index is 0.0344. The van der Waals surface area contributed by atoms with Gasteiger partial charge in [0.2, 0.25) is 5.91 Å². The van der Waals surface area contributed by atoms with Gasteiger partial charge in [-0.1, -0.05) is 23.7 Å². The van der Waals surface area contributed by atoms with Crippen molar-refractivity contribution < 1.29 is 4.79 Å². The van der Waals surface area contributed by atoms with E-state index in [1.165, 1.54) is 0 Å². The molecule has 6 nitrogen and oxygen atoms in total. The number of hydrogen-bond acceptors (Lipinski definition) is 5. The number of nitrogens with zero attached hydrogens (tertiary/aromatic N) is 4. The van der Waals surface area contributed by atoms with Gasteiger partial charge in [-0.25, -0.2) is 9.97 Å². The molecule has 2 heterocycles. The molecule has 1 fully saturated rings. The molecule has 7 heteroatoms. The number of hydrogen-bond donors (Lipinski definition) is 1. The first-order valence-corrected chi connectivity index (χ1v) is 9.18. The lowest BCUT2D eigenvalue weighted by atomic mass is 10.2. The maximum absolute atomic E-state index is 12.2. The fraction of sp³-hybridized carbons (Fsp3) is 0.421. The highest BCUT2D eigenvalue weighted by molar-refractivity contribution is 6.30. The Morgan fingerprint density at radius 1 is 1.15 bits per heavy atom. The van der Waals surface area contributed by atoms with Crippen molar-refractivity contribution in [2.45, 2.75) is 20.4 Å². The predicted molar refractivity (Wildman–Crippen MR) is 103 cm³/mol. The summed E-state index contributed by atoms with van der Waals surface area (Å²) in [6.45, 7) is 8.21. The van der Waals surface area contributed by atoms with Crippen LogP contribution in [-0.2, 0) is 11.3 Å². The zero-order valence-corrected chi connectivity index (χ0v) is 16.0. The van der Waals surface area contributed by atoms with E-state index >= 15 is 0 Å². The lowest BCUT2D eigenvalue weighted by Gasteiger charge is -2.35. The first kappa shape index (κ1) is 18.6. The number of piperazine rings is 1. The number of carbonyl (C=O) groups excluding carboxylic acids is 1. The van der Waals surface area contributed by atoms with Gasteiger partial charge in [-0.05, 0) is 31.5 Å². The molecule has 1 amide bonds. The zero-order chi connectivity index (χ0) is 18.5. The Morgan fingerprint density at radius 3 is 2.62 bits per heavy atom. The van der Waals surface area contributed by atoms with Gasteiger partial charge in [0.15, 0.2) is 0 Å². The minimum Gasteiger partial charge on any atom is -0.354 e. The van der Waals surface area contributed by atoms with Crippen LogP contribution < -0.4 is 10.2 Å². The molecule has 1 aromatic heterocycles. The standard InChI is InChI=1S/C19H24ClN5O/c1-14-10-18(23-15(2)22-14)25-8-6-24(7-9-25)13-19(26)21-12-16-4-3-5-17(20)11-16/h3-5,10-11H,6-9,12-13H2,1-2H3,(H,21,26). The van der Waals surface area contributed by atoms with Gasteiger partial charge in [0.1, 0.15) is 11.6 Å². The van der Waals surface area contributed by atoms with Crippen LogP contribution in [0.2, 0.25) is 5.02 Å². The average molecular weight is 374 g/mol. The fourth-order valence-corrected chi connectivity index (χ4v) is 3.31. The number of aromatic nitrogens is 2. The summed E-state index contributed by atoms with van der Waals surface area (Å²) in [6.07, 6.45) is 0. The smallest absolute Gasteiger partial charge is 0.234 e. The largest absolute Gasteiger partial charge is 0.354 e. The lowest BCUT2D eigenvalue weighted by Crippen LogP contribution is -2.49. The molecule has 0 radical (unpaired) electrons. The van der Waals surface area contributed by atoms with Crippen LogP contribution in [0.1, 0.15) is 17.1 Å².